The Bertz CT molecular complexity index is 624. The van der Waals surface area contributed by atoms with Gasteiger partial charge in [-0.25, -0.2) is 15.5 Å². The molecule has 0 radical (unpaired) electrons. The van der Waals surface area contributed by atoms with Crippen molar-refractivity contribution in [3.8, 4) is 5.13 Å². The first kappa shape index (κ1) is 14.7. The third-order valence-corrected chi connectivity index (χ3v) is 4.45. The number of aromatic nitrogens is 3. The molecule has 3 N–H and O–H groups in total. The summed E-state index contributed by atoms with van der Waals surface area (Å²) in [6.07, 6.45) is 0.990. The molecule has 2 rings (SSSR count). The van der Waals surface area contributed by atoms with E-state index in [4.69, 9.17) is 5.84 Å². The molecule has 20 heavy (non-hydrogen) atoms. The average molecular weight is 293 g/mol. The Hall–Kier alpha value is -1.73. The smallest absolute Gasteiger partial charge is 0.234 e. The number of carbonyl (C=O) groups excluding carboxylic acids is 1. The standard InChI is InChI=1S/C13H19N5OS/c1-7-10(4)20-13(15-7)18-9(3)11(8(2)17-18)5-6-12(19)16-14/h5-6,14H2,1-4H3,(H,16,19). The second-order valence-electron chi connectivity index (χ2n) is 4.77. The highest BCUT2D eigenvalue weighted by atomic mass is 32.1. The SMILES string of the molecule is Cc1nc(-n2nc(C)c(CCC(=O)NN)c2C)sc1C. The lowest BCUT2D eigenvalue weighted by atomic mass is 10.1. The molecule has 0 saturated carbocycles. The van der Waals surface area contributed by atoms with Crippen molar-refractivity contribution in [1.29, 1.82) is 0 Å². The minimum absolute atomic E-state index is 0.169. The van der Waals surface area contributed by atoms with Crippen LogP contribution in [-0.4, -0.2) is 20.7 Å². The first-order valence-electron chi connectivity index (χ1n) is 6.43. The van der Waals surface area contributed by atoms with Gasteiger partial charge in [0, 0.05) is 17.0 Å². The molecule has 108 valence electrons. The van der Waals surface area contributed by atoms with Crippen LogP contribution in [-0.2, 0) is 11.2 Å². The van der Waals surface area contributed by atoms with Crippen LogP contribution in [0.15, 0.2) is 0 Å². The number of rotatable bonds is 4. The van der Waals surface area contributed by atoms with E-state index in [1.807, 2.05) is 25.5 Å². The maximum absolute atomic E-state index is 11.3. The largest absolute Gasteiger partial charge is 0.294 e. The van der Waals surface area contributed by atoms with Gasteiger partial charge in [0.1, 0.15) is 0 Å². The van der Waals surface area contributed by atoms with E-state index in [1.165, 1.54) is 4.88 Å². The van der Waals surface area contributed by atoms with Gasteiger partial charge in [-0.05, 0) is 39.7 Å². The van der Waals surface area contributed by atoms with Crippen LogP contribution in [0, 0.1) is 27.7 Å². The summed E-state index contributed by atoms with van der Waals surface area (Å²) < 4.78 is 1.86. The molecule has 0 atom stereocenters. The maximum atomic E-state index is 11.3. The van der Waals surface area contributed by atoms with Crippen LogP contribution in [0.25, 0.3) is 5.13 Å². The van der Waals surface area contributed by atoms with E-state index < -0.39 is 0 Å². The van der Waals surface area contributed by atoms with Crippen molar-refractivity contribution in [2.45, 2.75) is 40.5 Å². The Morgan fingerprint density at radius 3 is 2.55 bits per heavy atom. The lowest BCUT2D eigenvalue weighted by Gasteiger charge is -2.02. The van der Waals surface area contributed by atoms with E-state index in [2.05, 4.69) is 22.4 Å². The van der Waals surface area contributed by atoms with E-state index in [-0.39, 0.29) is 5.91 Å². The Morgan fingerprint density at radius 2 is 2.00 bits per heavy atom. The summed E-state index contributed by atoms with van der Waals surface area (Å²) >= 11 is 1.62. The second-order valence-corrected chi connectivity index (χ2v) is 5.95. The summed E-state index contributed by atoms with van der Waals surface area (Å²) in [7, 11) is 0. The zero-order valence-electron chi connectivity index (χ0n) is 12.1. The predicted molar refractivity (Wildman–Crippen MR) is 78.8 cm³/mol. The van der Waals surface area contributed by atoms with Gasteiger partial charge in [-0.15, -0.1) is 0 Å². The number of hydrogen-bond acceptors (Lipinski definition) is 5. The van der Waals surface area contributed by atoms with Gasteiger partial charge >= 0.3 is 0 Å². The first-order chi connectivity index (χ1) is 9.43. The summed E-state index contributed by atoms with van der Waals surface area (Å²) in [5.74, 6) is 4.93. The number of thiazole rings is 1. The van der Waals surface area contributed by atoms with Crippen LogP contribution in [0.4, 0.5) is 0 Å². The van der Waals surface area contributed by atoms with Crippen LogP contribution in [0.2, 0.25) is 0 Å². The molecule has 0 unspecified atom stereocenters. The molecule has 6 nitrogen and oxygen atoms in total. The molecule has 0 spiro atoms. The molecule has 0 aliphatic heterocycles. The van der Waals surface area contributed by atoms with Crippen LogP contribution in [0.3, 0.4) is 0 Å². The van der Waals surface area contributed by atoms with Crippen molar-refractivity contribution in [2.24, 2.45) is 5.84 Å². The minimum atomic E-state index is -0.169. The van der Waals surface area contributed by atoms with Gasteiger partial charge in [0.25, 0.3) is 0 Å². The number of hydrogen-bond donors (Lipinski definition) is 2. The first-order valence-corrected chi connectivity index (χ1v) is 7.24. The van der Waals surface area contributed by atoms with Crippen molar-refractivity contribution in [2.75, 3.05) is 0 Å². The van der Waals surface area contributed by atoms with E-state index in [0.29, 0.717) is 12.8 Å². The number of amides is 1. The number of nitrogens with one attached hydrogen (secondary N) is 1. The molecule has 0 fully saturated rings. The Labute approximate surface area is 122 Å². The summed E-state index contributed by atoms with van der Waals surface area (Å²) in [5, 5.41) is 5.41. The number of nitrogens with two attached hydrogens (primary N) is 1. The molecule has 7 heteroatoms. The molecule has 2 heterocycles. The summed E-state index contributed by atoms with van der Waals surface area (Å²) in [6.45, 7) is 8.00. The van der Waals surface area contributed by atoms with E-state index >= 15 is 0 Å². The maximum Gasteiger partial charge on any atom is 0.234 e. The summed E-state index contributed by atoms with van der Waals surface area (Å²) in [6, 6.07) is 0. The molecule has 2 aromatic heterocycles. The number of aryl methyl sites for hydroxylation is 3. The van der Waals surface area contributed by atoms with Gasteiger partial charge in [0.2, 0.25) is 11.0 Å². The van der Waals surface area contributed by atoms with E-state index in [9.17, 15) is 4.79 Å². The topological polar surface area (TPSA) is 85.8 Å². The normalized spacial score (nSPS) is 10.8. The molecule has 2 aromatic rings. The van der Waals surface area contributed by atoms with Crippen molar-refractivity contribution < 1.29 is 4.79 Å². The average Bonchev–Trinajstić information content (AvgIpc) is 2.88. The number of hydrazine groups is 1. The third-order valence-electron chi connectivity index (χ3n) is 3.40. The van der Waals surface area contributed by atoms with E-state index in [1.54, 1.807) is 11.3 Å². The fraction of sp³-hybridized carbons (Fsp3) is 0.462. The summed E-state index contributed by atoms with van der Waals surface area (Å²) in [4.78, 5) is 17.0. The van der Waals surface area contributed by atoms with Crippen LogP contribution >= 0.6 is 11.3 Å². The van der Waals surface area contributed by atoms with Gasteiger partial charge in [-0.3, -0.25) is 10.2 Å². The van der Waals surface area contributed by atoms with Crippen molar-refractivity contribution in [1.82, 2.24) is 20.2 Å². The zero-order chi connectivity index (χ0) is 14.9. The van der Waals surface area contributed by atoms with Gasteiger partial charge in [-0.2, -0.15) is 5.10 Å². The van der Waals surface area contributed by atoms with Gasteiger partial charge in [0.15, 0.2) is 0 Å². The zero-order valence-corrected chi connectivity index (χ0v) is 13.0. The van der Waals surface area contributed by atoms with Crippen molar-refractivity contribution >= 4 is 17.2 Å². The van der Waals surface area contributed by atoms with Crippen molar-refractivity contribution in [3.05, 3.63) is 27.5 Å². The molecular formula is C13H19N5OS. The molecule has 0 aromatic carbocycles. The lowest BCUT2D eigenvalue weighted by Crippen LogP contribution is -2.30. The third kappa shape index (κ3) is 2.73. The Morgan fingerprint density at radius 1 is 1.30 bits per heavy atom. The fourth-order valence-corrected chi connectivity index (χ4v) is 2.99. The van der Waals surface area contributed by atoms with Gasteiger partial charge < -0.3 is 0 Å². The fourth-order valence-electron chi connectivity index (χ4n) is 2.08. The van der Waals surface area contributed by atoms with Gasteiger partial charge in [0.05, 0.1) is 11.4 Å². The number of nitrogens with zero attached hydrogens (tertiary/aromatic N) is 3. The van der Waals surface area contributed by atoms with E-state index in [0.717, 1.165) is 27.8 Å². The second kappa shape index (κ2) is 5.72. The molecule has 0 bridgehead atoms. The lowest BCUT2D eigenvalue weighted by molar-refractivity contribution is -0.121. The monoisotopic (exact) mass is 293 g/mol. The Balaban J connectivity index is 2.31. The predicted octanol–water partition coefficient (Wildman–Crippen LogP) is 1.48. The molecule has 0 aliphatic rings. The minimum Gasteiger partial charge on any atom is -0.294 e. The molecule has 0 saturated heterocycles. The van der Waals surface area contributed by atoms with Gasteiger partial charge in [-0.1, -0.05) is 11.3 Å². The molecule has 1 amide bonds. The van der Waals surface area contributed by atoms with Crippen LogP contribution in [0.1, 0.15) is 33.9 Å². The quantitative estimate of drug-likeness (QED) is 0.508. The highest BCUT2D eigenvalue weighted by Crippen LogP contribution is 2.24. The van der Waals surface area contributed by atoms with Crippen LogP contribution < -0.4 is 11.3 Å². The van der Waals surface area contributed by atoms with Crippen LogP contribution in [0.5, 0.6) is 0 Å². The Kier molecular flexibility index (Phi) is 4.20. The number of carbonyl (C=O) groups is 1. The highest BCUT2D eigenvalue weighted by molar-refractivity contribution is 7.14. The van der Waals surface area contributed by atoms with Crippen molar-refractivity contribution in [3.63, 3.8) is 0 Å². The highest BCUT2D eigenvalue weighted by Gasteiger charge is 2.16. The molecule has 0 aliphatic carbocycles. The summed E-state index contributed by atoms with van der Waals surface area (Å²) in [5.41, 5.74) is 6.22. The molecular weight excluding hydrogens is 274 g/mol.